The predicted molar refractivity (Wildman–Crippen MR) is 118 cm³/mol. The second kappa shape index (κ2) is 13.0. The summed E-state index contributed by atoms with van der Waals surface area (Å²) in [6, 6.07) is 17.0. The standard InChI is InChI=1S/C18H21NO3.C6H15N/c1-13(19(21)15(3)20)16-9-11-18(12-10-16)22-14(2)17-7-5-4-6-8-17;1-4-7(5-2)6-3/h4-14,21H,1-3H3;4-6H2,1-3H3. The molecule has 0 aliphatic heterocycles. The van der Waals surface area contributed by atoms with E-state index in [4.69, 9.17) is 4.74 Å². The first kappa shape index (κ1) is 24.7. The van der Waals surface area contributed by atoms with E-state index in [1.54, 1.807) is 6.92 Å². The summed E-state index contributed by atoms with van der Waals surface area (Å²) in [4.78, 5) is 13.6. The molecule has 0 heterocycles. The number of carbonyl (C=O) groups is 1. The summed E-state index contributed by atoms with van der Waals surface area (Å²) in [7, 11) is 0. The zero-order chi connectivity index (χ0) is 21.8. The van der Waals surface area contributed by atoms with E-state index in [-0.39, 0.29) is 12.0 Å². The molecule has 0 aliphatic carbocycles. The highest BCUT2D eigenvalue weighted by Crippen LogP contribution is 2.25. The molecule has 0 bridgehead atoms. The van der Waals surface area contributed by atoms with Gasteiger partial charge in [-0.25, -0.2) is 5.06 Å². The van der Waals surface area contributed by atoms with E-state index in [2.05, 4.69) is 25.7 Å². The Bertz CT molecular complexity index is 694. The number of carbonyl (C=O) groups excluding carboxylic acids is 1. The third kappa shape index (κ3) is 8.26. The van der Waals surface area contributed by atoms with E-state index in [1.165, 1.54) is 26.6 Å². The number of benzene rings is 2. The summed E-state index contributed by atoms with van der Waals surface area (Å²) in [5.74, 6) is 0.366. The van der Waals surface area contributed by atoms with Crippen LogP contribution in [0.1, 0.15) is 64.8 Å². The van der Waals surface area contributed by atoms with E-state index in [0.29, 0.717) is 0 Å². The van der Waals surface area contributed by atoms with Crippen molar-refractivity contribution >= 4 is 5.91 Å². The van der Waals surface area contributed by atoms with Crippen LogP contribution in [0, 0.1) is 0 Å². The second-order valence-corrected chi connectivity index (χ2v) is 6.90. The molecule has 0 aromatic heterocycles. The summed E-state index contributed by atoms with van der Waals surface area (Å²) >= 11 is 0. The maximum absolute atomic E-state index is 11.2. The first-order valence-corrected chi connectivity index (χ1v) is 10.4. The Labute approximate surface area is 175 Å². The van der Waals surface area contributed by atoms with Gasteiger partial charge >= 0.3 is 0 Å². The van der Waals surface area contributed by atoms with Gasteiger partial charge in [-0.15, -0.1) is 0 Å². The lowest BCUT2D eigenvalue weighted by Crippen LogP contribution is -2.27. The van der Waals surface area contributed by atoms with Gasteiger partial charge in [0.1, 0.15) is 11.9 Å². The molecule has 0 spiro atoms. The third-order valence-corrected chi connectivity index (χ3v) is 4.98. The van der Waals surface area contributed by atoms with Crippen LogP contribution in [0.5, 0.6) is 5.75 Å². The first-order chi connectivity index (χ1) is 13.8. The molecule has 2 rings (SSSR count). The summed E-state index contributed by atoms with van der Waals surface area (Å²) < 4.78 is 5.90. The molecular weight excluding hydrogens is 364 g/mol. The Kier molecular flexibility index (Phi) is 11.0. The Morgan fingerprint density at radius 1 is 0.897 bits per heavy atom. The minimum absolute atomic E-state index is 0.0453. The van der Waals surface area contributed by atoms with Crippen LogP contribution >= 0.6 is 0 Å². The molecule has 1 amide bonds. The largest absolute Gasteiger partial charge is 0.486 e. The van der Waals surface area contributed by atoms with Crippen molar-refractivity contribution in [3.05, 3.63) is 65.7 Å². The Balaban J connectivity index is 0.000000516. The number of hydrogen-bond donors (Lipinski definition) is 1. The van der Waals surface area contributed by atoms with Crippen molar-refractivity contribution in [2.24, 2.45) is 0 Å². The second-order valence-electron chi connectivity index (χ2n) is 6.90. The summed E-state index contributed by atoms with van der Waals surface area (Å²) in [5, 5.41) is 10.4. The molecule has 0 radical (unpaired) electrons. The van der Waals surface area contributed by atoms with E-state index in [9.17, 15) is 10.0 Å². The van der Waals surface area contributed by atoms with Gasteiger partial charge in [-0.05, 0) is 56.7 Å². The highest BCUT2D eigenvalue weighted by Gasteiger charge is 2.16. The van der Waals surface area contributed by atoms with Gasteiger partial charge in [0, 0.05) is 6.92 Å². The first-order valence-electron chi connectivity index (χ1n) is 10.4. The Morgan fingerprint density at radius 2 is 1.41 bits per heavy atom. The molecule has 160 valence electrons. The molecule has 0 saturated heterocycles. The molecule has 0 aliphatic rings. The molecule has 2 unspecified atom stereocenters. The molecule has 1 N–H and O–H groups in total. The van der Waals surface area contributed by atoms with Crippen LogP contribution in [0.25, 0.3) is 0 Å². The van der Waals surface area contributed by atoms with Crippen molar-refractivity contribution in [2.45, 2.75) is 53.7 Å². The average Bonchev–Trinajstić information content (AvgIpc) is 2.75. The topological polar surface area (TPSA) is 53.0 Å². The molecule has 2 atom stereocenters. The van der Waals surface area contributed by atoms with Crippen molar-refractivity contribution in [3.63, 3.8) is 0 Å². The molecule has 5 nitrogen and oxygen atoms in total. The van der Waals surface area contributed by atoms with Gasteiger partial charge in [0.25, 0.3) is 0 Å². The SMILES string of the molecule is CC(=O)N(O)C(C)c1ccc(OC(C)c2ccccc2)cc1.CCN(CC)CC. The molecule has 0 saturated carbocycles. The highest BCUT2D eigenvalue weighted by atomic mass is 16.5. The van der Waals surface area contributed by atoms with Crippen LogP contribution in [0.2, 0.25) is 0 Å². The van der Waals surface area contributed by atoms with Crippen LogP contribution in [-0.4, -0.2) is 40.7 Å². The number of hydrogen-bond acceptors (Lipinski definition) is 4. The average molecular weight is 401 g/mol. The smallest absolute Gasteiger partial charge is 0.243 e. The predicted octanol–water partition coefficient (Wildman–Crippen LogP) is 5.47. The zero-order valence-corrected chi connectivity index (χ0v) is 18.6. The van der Waals surface area contributed by atoms with Gasteiger partial charge in [-0.3, -0.25) is 10.0 Å². The van der Waals surface area contributed by atoms with Gasteiger partial charge in [-0.2, -0.15) is 0 Å². The minimum Gasteiger partial charge on any atom is -0.486 e. The number of ether oxygens (including phenoxy) is 1. The Morgan fingerprint density at radius 3 is 1.83 bits per heavy atom. The summed E-state index contributed by atoms with van der Waals surface area (Å²) in [5.41, 5.74) is 1.95. The van der Waals surface area contributed by atoms with Crippen molar-refractivity contribution in [1.82, 2.24) is 9.96 Å². The number of nitrogens with zero attached hydrogens (tertiary/aromatic N) is 2. The van der Waals surface area contributed by atoms with Crippen LogP contribution in [-0.2, 0) is 4.79 Å². The lowest BCUT2D eigenvalue weighted by molar-refractivity contribution is -0.172. The lowest BCUT2D eigenvalue weighted by Gasteiger charge is -2.22. The fourth-order valence-corrected chi connectivity index (χ4v) is 2.91. The molecular formula is C24H36N2O3. The summed E-state index contributed by atoms with van der Waals surface area (Å²) in [6.45, 7) is 15.2. The maximum Gasteiger partial charge on any atom is 0.243 e. The normalized spacial score (nSPS) is 12.6. The lowest BCUT2D eigenvalue weighted by atomic mass is 10.1. The van der Waals surface area contributed by atoms with Crippen molar-refractivity contribution in [2.75, 3.05) is 19.6 Å². The van der Waals surface area contributed by atoms with E-state index < -0.39 is 6.04 Å². The minimum atomic E-state index is -0.391. The molecule has 0 fully saturated rings. The fraction of sp³-hybridized carbons (Fsp3) is 0.458. The van der Waals surface area contributed by atoms with Crippen molar-refractivity contribution in [1.29, 1.82) is 0 Å². The molecule has 5 heteroatoms. The van der Waals surface area contributed by atoms with Crippen LogP contribution < -0.4 is 4.74 Å². The van der Waals surface area contributed by atoms with Crippen molar-refractivity contribution < 1.29 is 14.7 Å². The van der Waals surface area contributed by atoms with Gasteiger partial charge in [0.05, 0.1) is 6.04 Å². The van der Waals surface area contributed by atoms with Crippen molar-refractivity contribution in [3.8, 4) is 5.75 Å². The van der Waals surface area contributed by atoms with Gasteiger partial charge in [0.2, 0.25) is 5.91 Å². The highest BCUT2D eigenvalue weighted by molar-refractivity contribution is 5.72. The number of rotatable bonds is 8. The van der Waals surface area contributed by atoms with E-state index in [1.807, 2.05) is 61.5 Å². The quantitative estimate of drug-likeness (QED) is 0.471. The molecule has 2 aromatic carbocycles. The molecule has 29 heavy (non-hydrogen) atoms. The third-order valence-electron chi connectivity index (χ3n) is 4.98. The number of amides is 1. The summed E-state index contributed by atoms with van der Waals surface area (Å²) in [6.07, 6.45) is -0.0453. The number of hydroxylamine groups is 2. The van der Waals surface area contributed by atoms with E-state index in [0.717, 1.165) is 21.9 Å². The van der Waals surface area contributed by atoms with Gasteiger partial charge < -0.3 is 9.64 Å². The Hall–Kier alpha value is -2.37. The zero-order valence-electron chi connectivity index (χ0n) is 18.6. The fourth-order valence-electron chi connectivity index (χ4n) is 2.91. The van der Waals surface area contributed by atoms with Gasteiger partial charge in [0.15, 0.2) is 0 Å². The monoisotopic (exact) mass is 400 g/mol. The maximum atomic E-state index is 11.2. The van der Waals surface area contributed by atoms with Crippen LogP contribution in [0.4, 0.5) is 0 Å². The van der Waals surface area contributed by atoms with Crippen LogP contribution in [0.15, 0.2) is 54.6 Å². The molecule has 2 aromatic rings. The van der Waals surface area contributed by atoms with Gasteiger partial charge in [-0.1, -0.05) is 63.2 Å². The van der Waals surface area contributed by atoms with Crippen LogP contribution in [0.3, 0.4) is 0 Å². The van der Waals surface area contributed by atoms with E-state index >= 15 is 0 Å².